The van der Waals surface area contributed by atoms with Crippen molar-refractivity contribution in [3.05, 3.63) is 108 Å². The number of fused-ring (bicyclic) bond motifs is 1. The molecule has 4 aromatic carbocycles. The monoisotopic (exact) mass is 437 g/mol. The third kappa shape index (κ3) is 5.43. The van der Waals surface area contributed by atoms with Gasteiger partial charge in [0.05, 0.1) is 12.1 Å². The summed E-state index contributed by atoms with van der Waals surface area (Å²) in [5, 5.41) is 25.3. The Balaban J connectivity index is 1.39. The molecule has 164 valence electrons. The van der Waals surface area contributed by atoms with Gasteiger partial charge in [-0.3, -0.25) is 9.59 Å². The standard InChI is InChI=1S/C27H23N3O3/c28-24(16-26(31)32)23-7-3-4-8-25(23)29-17-18-9-13-22(14-10-18)30-27(33)21-12-11-19-5-1-2-6-20(19)15-21/h1-15,28-29H,16-17H2,(H,30,33)(H,31,32). The molecule has 0 aliphatic rings. The van der Waals surface area contributed by atoms with E-state index >= 15 is 0 Å². The maximum Gasteiger partial charge on any atom is 0.309 e. The lowest BCUT2D eigenvalue weighted by Crippen LogP contribution is -2.12. The number of benzene rings is 4. The molecule has 0 atom stereocenters. The SMILES string of the molecule is N=C(CC(=O)O)c1ccccc1NCc1ccc(NC(=O)c2ccc3ccccc3c2)cc1. The number of nitrogens with one attached hydrogen (secondary N) is 3. The molecule has 0 unspecified atom stereocenters. The Hall–Kier alpha value is -4.45. The van der Waals surface area contributed by atoms with Crippen LogP contribution in [0, 0.1) is 5.41 Å². The van der Waals surface area contributed by atoms with Gasteiger partial charge in [0.1, 0.15) is 0 Å². The van der Waals surface area contributed by atoms with Crippen LogP contribution in [0.15, 0.2) is 91.0 Å². The first-order chi connectivity index (χ1) is 16.0. The summed E-state index contributed by atoms with van der Waals surface area (Å²) < 4.78 is 0. The van der Waals surface area contributed by atoms with E-state index in [9.17, 15) is 9.59 Å². The third-order valence-electron chi connectivity index (χ3n) is 5.29. The molecule has 33 heavy (non-hydrogen) atoms. The Kier molecular flexibility index (Phi) is 6.45. The largest absolute Gasteiger partial charge is 0.481 e. The van der Waals surface area contributed by atoms with Gasteiger partial charge in [0.2, 0.25) is 0 Å². The van der Waals surface area contributed by atoms with Crippen LogP contribution in [0.2, 0.25) is 0 Å². The van der Waals surface area contributed by atoms with E-state index < -0.39 is 5.97 Å². The number of para-hydroxylation sites is 1. The molecular weight excluding hydrogens is 414 g/mol. The first kappa shape index (κ1) is 21.8. The summed E-state index contributed by atoms with van der Waals surface area (Å²) in [4.78, 5) is 23.6. The molecule has 0 heterocycles. The summed E-state index contributed by atoms with van der Waals surface area (Å²) >= 11 is 0. The van der Waals surface area contributed by atoms with Crippen LogP contribution in [0.3, 0.4) is 0 Å². The Bertz CT molecular complexity index is 1330. The van der Waals surface area contributed by atoms with E-state index in [2.05, 4.69) is 10.6 Å². The fraction of sp³-hybridized carbons (Fsp3) is 0.0741. The smallest absolute Gasteiger partial charge is 0.309 e. The Morgan fingerprint density at radius 3 is 2.27 bits per heavy atom. The average Bonchev–Trinajstić information content (AvgIpc) is 2.83. The summed E-state index contributed by atoms with van der Waals surface area (Å²) in [5.74, 6) is -1.20. The van der Waals surface area contributed by atoms with Gasteiger partial charge in [0.15, 0.2) is 0 Å². The fourth-order valence-electron chi connectivity index (χ4n) is 3.58. The minimum absolute atomic E-state index is 0.0531. The van der Waals surface area contributed by atoms with E-state index in [0.29, 0.717) is 29.0 Å². The van der Waals surface area contributed by atoms with Crippen molar-refractivity contribution in [1.29, 1.82) is 5.41 Å². The van der Waals surface area contributed by atoms with Crippen molar-refractivity contribution in [3.8, 4) is 0 Å². The van der Waals surface area contributed by atoms with E-state index in [1.807, 2.05) is 78.9 Å². The zero-order valence-electron chi connectivity index (χ0n) is 17.8. The van der Waals surface area contributed by atoms with E-state index in [1.54, 1.807) is 12.1 Å². The summed E-state index contributed by atoms with van der Waals surface area (Å²) in [6.07, 6.45) is -0.329. The zero-order valence-corrected chi connectivity index (χ0v) is 17.8. The van der Waals surface area contributed by atoms with Crippen LogP contribution in [-0.4, -0.2) is 22.7 Å². The van der Waals surface area contributed by atoms with Crippen molar-refractivity contribution in [3.63, 3.8) is 0 Å². The molecule has 1 amide bonds. The van der Waals surface area contributed by atoms with Crippen molar-refractivity contribution in [2.24, 2.45) is 0 Å². The van der Waals surface area contributed by atoms with Gasteiger partial charge < -0.3 is 21.1 Å². The van der Waals surface area contributed by atoms with Gasteiger partial charge in [-0.15, -0.1) is 0 Å². The second kappa shape index (κ2) is 9.78. The molecule has 0 bridgehead atoms. The molecular formula is C27H23N3O3. The lowest BCUT2D eigenvalue weighted by Gasteiger charge is -2.13. The van der Waals surface area contributed by atoms with Crippen LogP contribution in [0.4, 0.5) is 11.4 Å². The Morgan fingerprint density at radius 1 is 0.818 bits per heavy atom. The molecule has 0 saturated heterocycles. The highest BCUT2D eigenvalue weighted by molar-refractivity contribution is 6.10. The first-order valence-electron chi connectivity index (χ1n) is 10.5. The van der Waals surface area contributed by atoms with E-state index in [0.717, 1.165) is 16.3 Å². The summed E-state index contributed by atoms with van der Waals surface area (Å²) in [5.41, 5.74) is 3.60. The van der Waals surface area contributed by atoms with Gasteiger partial charge in [-0.1, -0.05) is 60.7 Å². The fourth-order valence-corrected chi connectivity index (χ4v) is 3.58. The number of amides is 1. The minimum Gasteiger partial charge on any atom is -0.481 e. The number of rotatable bonds is 8. The van der Waals surface area contributed by atoms with Crippen molar-refractivity contribution < 1.29 is 14.7 Å². The predicted molar refractivity (Wildman–Crippen MR) is 131 cm³/mol. The van der Waals surface area contributed by atoms with Crippen molar-refractivity contribution in [2.45, 2.75) is 13.0 Å². The number of carbonyl (C=O) groups excluding carboxylic acids is 1. The molecule has 0 aromatic heterocycles. The van der Waals surface area contributed by atoms with E-state index in [-0.39, 0.29) is 18.0 Å². The number of hydrogen-bond donors (Lipinski definition) is 4. The molecule has 4 aromatic rings. The van der Waals surface area contributed by atoms with Crippen LogP contribution >= 0.6 is 0 Å². The van der Waals surface area contributed by atoms with Crippen molar-refractivity contribution in [2.75, 3.05) is 10.6 Å². The molecule has 4 rings (SSSR count). The highest BCUT2D eigenvalue weighted by Crippen LogP contribution is 2.20. The normalized spacial score (nSPS) is 10.5. The van der Waals surface area contributed by atoms with Crippen LogP contribution in [0.25, 0.3) is 10.8 Å². The third-order valence-corrected chi connectivity index (χ3v) is 5.29. The summed E-state index contributed by atoms with van der Waals surface area (Å²) in [7, 11) is 0. The minimum atomic E-state index is -1.03. The highest BCUT2D eigenvalue weighted by atomic mass is 16.4. The van der Waals surface area contributed by atoms with Gasteiger partial charge in [-0.2, -0.15) is 0 Å². The number of carboxylic acids is 1. The van der Waals surface area contributed by atoms with E-state index in [4.69, 9.17) is 10.5 Å². The molecule has 0 spiro atoms. The van der Waals surface area contributed by atoms with Gasteiger partial charge in [0.25, 0.3) is 5.91 Å². The number of carbonyl (C=O) groups is 2. The van der Waals surface area contributed by atoms with Gasteiger partial charge in [-0.25, -0.2) is 0 Å². The van der Waals surface area contributed by atoms with Gasteiger partial charge in [0, 0.05) is 29.0 Å². The van der Waals surface area contributed by atoms with E-state index in [1.165, 1.54) is 0 Å². The maximum absolute atomic E-state index is 12.6. The maximum atomic E-state index is 12.6. The molecule has 0 aliphatic carbocycles. The number of hydrogen-bond acceptors (Lipinski definition) is 4. The second-order valence-electron chi connectivity index (χ2n) is 7.66. The average molecular weight is 437 g/mol. The highest BCUT2D eigenvalue weighted by Gasteiger charge is 2.11. The molecule has 0 aliphatic heterocycles. The Labute approximate surface area is 191 Å². The molecule has 6 nitrogen and oxygen atoms in total. The molecule has 0 radical (unpaired) electrons. The quantitative estimate of drug-likeness (QED) is 0.272. The number of carboxylic acid groups (broad SMARTS) is 1. The lowest BCUT2D eigenvalue weighted by molar-refractivity contribution is -0.135. The van der Waals surface area contributed by atoms with Crippen LogP contribution in [0.5, 0.6) is 0 Å². The molecule has 4 N–H and O–H groups in total. The van der Waals surface area contributed by atoms with Crippen LogP contribution < -0.4 is 10.6 Å². The summed E-state index contributed by atoms with van der Waals surface area (Å²) in [6, 6.07) is 28.2. The predicted octanol–water partition coefficient (Wildman–Crippen LogP) is 5.55. The van der Waals surface area contributed by atoms with Crippen LogP contribution in [0.1, 0.15) is 27.9 Å². The van der Waals surface area contributed by atoms with Crippen molar-refractivity contribution in [1.82, 2.24) is 0 Å². The molecule has 0 saturated carbocycles. The first-order valence-corrected chi connectivity index (χ1v) is 10.5. The van der Waals surface area contributed by atoms with Crippen LogP contribution in [-0.2, 0) is 11.3 Å². The summed E-state index contributed by atoms with van der Waals surface area (Å²) in [6.45, 7) is 0.496. The lowest BCUT2D eigenvalue weighted by atomic mass is 10.0. The van der Waals surface area contributed by atoms with Gasteiger partial charge in [-0.05, 0) is 46.7 Å². The topological polar surface area (TPSA) is 102 Å². The van der Waals surface area contributed by atoms with Gasteiger partial charge >= 0.3 is 5.97 Å². The number of anilines is 2. The Morgan fingerprint density at radius 2 is 1.52 bits per heavy atom. The zero-order chi connectivity index (χ0) is 23.2. The van der Waals surface area contributed by atoms with Crippen molar-refractivity contribution >= 4 is 39.7 Å². The number of aliphatic carboxylic acids is 1. The second-order valence-corrected chi connectivity index (χ2v) is 7.66. The molecule has 0 fully saturated rings. The molecule has 6 heteroatoms.